The van der Waals surface area contributed by atoms with Crippen molar-refractivity contribution in [3.8, 4) is 5.75 Å². The molecular formula is C30H32BBrO5. The predicted molar refractivity (Wildman–Crippen MR) is 148 cm³/mol. The number of hydrogen-bond donors (Lipinski definition) is 2. The molecule has 0 bridgehead atoms. The number of phenolic OH excluding ortho intramolecular Hbond substituents is 1. The second kappa shape index (κ2) is 10.7. The molecule has 2 aromatic carbocycles. The van der Waals surface area contributed by atoms with E-state index in [0.29, 0.717) is 36.7 Å². The molecule has 1 fully saturated rings. The fourth-order valence-corrected chi connectivity index (χ4v) is 6.92. The summed E-state index contributed by atoms with van der Waals surface area (Å²) in [5.41, 5.74) is 5.22. The van der Waals surface area contributed by atoms with Gasteiger partial charge in [0.1, 0.15) is 5.75 Å². The van der Waals surface area contributed by atoms with Gasteiger partial charge in [0, 0.05) is 33.0 Å². The molecular weight excluding hydrogens is 531 g/mol. The number of hydrogen-bond acceptors (Lipinski definition) is 5. The Hall–Kier alpha value is -2.48. The first-order chi connectivity index (χ1) is 17.8. The van der Waals surface area contributed by atoms with Crippen LogP contribution in [0.1, 0.15) is 72.2 Å². The van der Waals surface area contributed by atoms with Crippen molar-refractivity contribution in [3.05, 3.63) is 80.3 Å². The molecule has 1 heterocycles. The van der Waals surface area contributed by atoms with Crippen LogP contribution in [-0.2, 0) is 4.65 Å². The van der Waals surface area contributed by atoms with Crippen LogP contribution in [0.5, 0.6) is 5.75 Å². The third-order valence-electron chi connectivity index (χ3n) is 8.11. The van der Waals surface area contributed by atoms with Gasteiger partial charge in [-0.25, -0.2) is 0 Å². The van der Waals surface area contributed by atoms with Crippen molar-refractivity contribution in [3.63, 3.8) is 0 Å². The number of halogens is 1. The molecule has 0 saturated carbocycles. The van der Waals surface area contributed by atoms with Crippen molar-refractivity contribution >= 4 is 40.7 Å². The Labute approximate surface area is 226 Å². The fourth-order valence-electron chi connectivity index (χ4n) is 6.54. The summed E-state index contributed by atoms with van der Waals surface area (Å²) in [4.78, 5) is 27.2. The topological polar surface area (TPSA) is 83.8 Å². The van der Waals surface area contributed by atoms with Crippen molar-refractivity contribution in [2.75, 3.05) is 0 Å². The Kier molecular flexibility index (Phi) is 7.57. The number of Topliss-reactive ketones (excluding diaryl/α,β-unsaturated/α-hetero) is 2. The smallest absolute Gasteiger partial charge is 0.455 e. The lowest BCUT2D eigenvalue weighted by Gasteiger charge is -2.47. The van der Waals surface area contributed by atoms with E-state index < -0.39 is 13.0 Å². The lowest BCUT2D eigenvalue weighted by Crippen LogP contribution is -2.50. The van der Waals surface area contributed by atoms with Crippen LogP contribution in [0.4, 0.5) is 0 Å². The Morgan fingerprint density at radius 1 is 1.14 bits per heavy atom. The number of rotatable bonds is 6. The first-order valence-corrected chi connectivity index (χ1v) is 14.0. The van der Waals surface area contributed by atoms with Crippen LogP contribution in [0.25, 0.3) is 6.08 Å². The molecule has 4 atom stereocenters. The lowest BCUT2D eigenvalue weighted by atomic mass is 9.54. The Bertz CT molecular complexity index is 1300. The maximum absolute atomic E-state index is 13.7. The maximum Gasteiger partial charge on any atom is 0.455 e. The van der Waals surface area contributed by atoms with E-state index in [1.165, 1.54) is 5.57 Å². The molecule has 0 unspecified atom stereocenters. The van der Waals surface area contributed by atoms with E-state index in [-0.39, 0.29) is 35.3 Å². The van der Waals surface area contributed by atoms with Crippen molar-refractivity contribution in [1.29, 1.82) is 0 Å². The van der Waals surface area contributed by atoms with Crippen LogP contribution >= 0.6 is 15.9 Å². The lowest BCUT2D eigenvalue weighted by molar-refractivity contribution is 0.0598. The van der Waals surface area contributed by atoms with Crippen molar-refractivity contribution in [2.24, 2.45) is 17.8 Å². The third kappa shape index (κ3) is 5.01. The molecule has 0 spiro atoms. The fraction of sp³-hybridized carbons (Fsp3) is 0.400. The number of carbonyl (C=O) groups is 2. The Morgan fingerprint density at radius 2 is 1.86 bits per heavy atom. The summed E-state index contributed by atoms with van der Waals surface area (Å²) in [5, 5.41) is 21.0. The minimum absolute atomic E-state index is 0.0207. The van der Waals surface area contributed by atoms with E-state index >= 15 is 0 Å². The Balaban J connectivity index is 1.46. The first kappa shape index (κ1) is 26.1. The standard InChI is InChI=1S/C30H32BBrO5/c1-3-6-18-15-23-28(30(35)22-8-5-4-7-21(22)29(23)34)24-16-31(36)37-26(27(18)24)12-9-17(2)13-19-14-20(32)10-11-25(19)33/h4-5,7-8,10-11,13-14,23-24,26,28,33,36H,3,6,9,12,15-16H2,1-2H3/b17-13+/t23-,24+,26-,28-/m1/s1. The van der Waals surface area contributed by atoms with Gasteiger partial charge in [-0.15, -0.1) is 0 Å². The average molecular weight is 563 g/mol. The van der Waals surface area contributed by atoms with Gasteiger partial charge in [0.2, 0.25) is 0 Å². The quantitative estimate of drug-likeness (QED) is 0.304. The minimum atomic E-state index is -0.973. The van der Waals surface area contributed by atoms with Gasteiger partial charge >= 0.3 is 7.12 Å². The highest BCUT2D eigenvalue weighted by Crippen LogP contribution is 2.51. The molecule has 1 aliphatic heterocycles. The summed E-state index contributed by atoms with van der Waals surface area (Å²) in [5.74, 6) is -0.722. The van der Waals surface area contributed by atoms with E-state index in [4.69, 9.17) is 4.65 Å². The highest BCUT2D eigenvalue weighted by atomic mass is 79.9. The molecule has 0 radical (unpaired) electrons. The molecule has 5 nitrogen and oxygen atoms in total. The summed E-state index contributed by atoms with van der Waals surface area (Å²) in [6, 6.07) is 12.5. The van der Waals surface area contributed by atoms with E-state index in [0.717, 1.165) is 34.0 Å². The highest BCUT2D eigenvalue weighted by molar-refractivity contribution is 9.10. The zero-order valence-electron chi connectivity index (χ0n) is 21.2. The molecule has 2 aliphatic carbocycles. The van der Waals surface area contributed by atoms with Gasteiger partial charge in [0.05, 0.1) is 6.10 Å². The number of phenols is 1. The van der Waals surface area contributed by atoms with E-state index in [2.05, 4.69) is 22.9 Å². The zero-order chi connectivity index (χ0) is 26.3. The van der Waals surface area contributed by atoms with Crippen molar-refractivity contribution in [1.82, 2.24) is 0 Å². The molecule has 5 rings (SSSR count). The molecule has 2 aromatic rings. The molecule has 37 heavy (non-hydrogen) atoms. The second-order valence-electron chi connectivity index (χ2n) is 10.6. The van der Waals surface area contributed by atoms with Crippen LogP contribution in [0.3, 0.4) is 0 Å². The number of allylic oxidation sites excluding steroid dienone is 2. The second-order valence-corrected chi connectivity index (χ2v) is 11.5. The summed E-state index contributed by atoms with van der Waals surface area (Å²) in [6.45, 7) is 4.15. The predicted octanol–water partition coefficient (Wildman–Crippen LogP) is 6.65. The minimum Gasteiger partial charge on any atom is -0.507 e. The van der Waals surface area contributed by atoms with Gasteiger partial charge in [-0.2, -0.15) is 0 Å². The van der Waals surface area contributed by atoms with Crippen molar-refractivity contribution in [2.45, 2.75) is 58.4 Å². The average Bonchev–Trinajstić information content (AvgIpc) is 2.87. The summed E-state index contributed by atoms with van der Waals surface area (Å²) in [7, 11) is -0.973. The molecule has 2 N–H and O–H groups in total. The van der Waals surface area contributed by atoms with Gasteiger partial charge in [-0.05, 0) is 68.6 Å². The Morgan fingerprint density at radius 3 is 2.59 bits per heavy atom. The zero-order valence-corrected chi connectivity index (χ0v) is 22.8. The molecule has 1 saturated heterocycles. The normalized spacial score (nSPS) is 25.6. The number of carbonyl (C=O) groups excluding carboxylic acids is 2. The number of ketones is 2. The van der Waals surface area contributed by atoms with Gasteiger partial charge < -0.3 is 14.8 Å². The molecule has 192 valence electrons. The van der Waals surface area contributed by atoms with E-state index in [1.54, 1.807) is 24.3 Å². The summed E-state index contributed by atoms with van der Waals surface area (Å²) >= 11 is 3.46. The number of aromatic hydroxyl groups is 1. The molecule has 0 aromatic heterocycles. The van der Waals surface area contributed by atoms with E-state index in [9.17, 15) is 19.7 Å². The van der Waals surface area contributed by atoms with Gasteiger partial charge in [-0.1, -0.05) is 70.8 Å². The van der Waals surface area contributed by atoms with Crippen molar-refractivity contribution < 1.29 is 24.4 Å². The first-order valence-electron chi connectivity index (χ1n) is 13.2. The van der Waals surface area contributed by atoms with Crippen LogP contribution < -0.4 is 0 Å². The summed E-state index contributed by atoms with van der Waals surface area (Å²) < 4.78 is 7.00. The summed E-state index contributed by atoms with van der Waals surface area (Å²) in [6.07, 6.45) is 5.74. The molecule has 3 aliphatic rings. The highest BCUT2D eigenvalue weighted by Gasteiger charge is 2.53. The number of benzene rings is 2. The van der Waals surface area contributed by atoms with Gasteiger partial charge in [0.25, 0.3) is 0 Å². The van der Waals surface area contributed by atoms with Crippen LogP contribution in [0, 0.1) is 17.8 Å². The number of fused-ring (bicyclic) bond motifs is 4. The SMILES string of the molecule is CCCC1=C2[C@@H](CC/C(C)=C/c3cc(Br)ccc3O)OB(O)C[C@@H]2[C@@H]2C(=O)c3ccccc3C(=O)[C@@H]2C1. The maximum atomic E-state index is 13.7. The monoisotopic (exact) mass is 562 g/mol. The third-order valence-corrected chi connectivity index (χ3v) is 8.60. The molecule has 7 heteroatoms. The van der Waals surface area contributed by atoms with Crippen LogP contribution in [-0.4, -0.2) is 34.9 Å². The van der Waals surface area contributed by atoms with Gasteiger partial charge in [-0.3, -0.25) is 9.59 Å². The van der Waals surface area contributed by atoms with Gasteiger partial charge in [0.15, 0.2) is 11.6 Å². The molecule has 0 amide bonds. The van der Waals surface area contributed by atoms with E-state index in [1.807, 2.05) is 31.2 Å². The largest absolute Gasteiger partial charge is 0.507 e. The van der Waals surface area contributed by atoms with Crippen LogP contribution in [0.15, 0.2) is 63.7 Å². The van der Waals surface area contributed by atoms with Crippen LogP contribution in [0.2, 0.25) is 6.32 Å².